The van der Waals surface area contributed by atoms with E-state index < -0.39 is 94.6 Å². The van der Waals surface area contributed by atoms with E-state index >= 15 is 0 Å². The van der Waals surface area contributed by atoms with Gasteiger partial charge in [0, 0.05) is 61.2 Å². The Bertz CT molecular complexity index is 3450. The van der Waals surface area contributed by atoms with E-state index in [2.05, 4.69) is 39.1 Å². The molecule has 0 radical (unpaired) electrons. The average molecular weight is 1330 g/mol. The fourth-order valence-electron chi connectivity index (χ4n) is 12.9. The van der Waals surface area contributed by atoms with E-state index in [0.29, 0.717) is 70.3 Å². The molecule has 12 atom stereocenters. The lowest BCUT2D eigenvalue weighted by molar-refractivity contribution is -0.151. The van der Waals surface area contributed by atoms with Gasteiger partial charge in [-0.05, 0) is 122 Å². The highest BCUT2D eigenvalue weighted by Gasteiger charge is 2.64. The summed E-state index contributed by atoms with van der Waals surface area (Å²) >= 11 is 12.7. The SMILES string of the molecule is C=CCCCCC[C@H](C)C(=O)N1C[C@H](Oc2ncc(OC)c3ccc(Cl)cc23)[C@@H](C)[C@H]1C(=O)N[C@]1(C(=O)OCC)C[C@H]1C=C.CCOC(=O)[C@@]12C[C@H]1/C=C\CCCCC[C@H](NC(=O)OC(C)(C)C)C(=O)N1C[C@H](Oc3ncc(OC)c4ccc(Cl)cc34)[C@@H](C)[C@H]1C(=O)N2. The minimum absolute atomic E-state index is 0.0239. The zero-order valence-corrected chi connectivity index (χ0v) is 56.7. The van der Waals surface area contributed by atoms with Crippen molar-refractivity contribution >= 4 is 86.4 Å². The van der Waals surface area contributed by atoms with Crippen molar-refractivity contribution < 1.29 is 66.7 Å². The molecule has 5 amide bonds. The van der Waals surface area contributed by atoms with Gasteiger partial charge in [-0.2, -0.15) is 0 Å². The first-order valence-corrected chi connectivity index (χ1v) is 33.2. The molecule has 9 rings (SSSR count). The summed E-state index contributed by atoms with van der Waals surface area (Å²) in [5.41, 5.74) is -3.18. The highest BCUT2D eigenvalue weighted by molar-refractivity contribution is 6.32. The monoisotopic (exact) mass is 1320 g/mol. The molecule has 93 heavy (non-hydrogen) atoms. The van der Waals surface area contributed by atoms with Crippen molar-refractivity contribution in [1.82, 2.24) is 35.7 Å². The summed E-state index contributed by atoms with van der Waals surface area (Å²) in [7, 11) is 3.11. The fourth-order valence-corrected chi connectivity index (χ4v) is 13.2. The lowest BCUT2D eigenvalue weighted by Gasteiger charge is -2.31. The van der Waals surface area contributed by atoms with Crippen molar-refractivity contribution in [3.05, 3.63) is 96.3 Å². The lowest BCUT2D eigenvalue weighted by Crippen LogP contribution is -2.57. The van der Waals surface area contributed by atoms with Gasteiger partial charge in [-0.3, -0.25) is 19.2 Å². The molecule has 2 saturated heterocycles. The molecule has 0 bridgehead atoms. The molecule has 21 nitrogen and oxygen atoms in total. The minimum Gasteiger partial charge on any atom is -0.494 e. The van der Waals surface area contributed by atoms with Crippen LogP contribution < -0.4 is 34.9 Å². The van der Waals surface area contributed by atoms with Crippen LogP contribution in [-0.4, -0.2) is 149 Å². The van der Waals surface area contributed by atoms with Gasteiger partial charge in [-0.15, -0.1) is 13.2 Å². The van der Waals surface area contributed by atoms with Crippen molar-refractivity contribution in [3.8, 4) is 23.3 Å². The van der Waals surface area contributed by atoms with Crippen LogP contribution >= 0.6 is 23.2 Å². The molecule has 4 aromatic rings. The molecule has 504 valence electrons. The number of rotatable bonds is 21. The minimum atomic E-state index is -1.23. The first-order valence-electron chi connectivity index (χ1n) is 32.5. The van der Waals surface area contributed by atoms with Gasteiger partial charge in [0.25, 0.3) is 0 Å². The molecule has 4 fully saturated rings. The first kappa shape index (κ1) is 71.2. The second-order valence-corrected chi connectivity index (χ2v) is 26.7. The van der Waals surface area contributed by atoms with Crippen LogP contribution in [0.15, 0.2) is 86.3 Å². The summed E-state index contributed by atoms with van der Waals surface area (Å²) in [5.74, 6) is -2.49. The topological polar surface area (TPSA) is 252 Å². The number of pyridine rings is 2. The van der Waals surface area contributed by atoms with Gasteiger partial charge in [0.15, 0.2) is 0 Å². The Balaban J connectivity index is 0.000000240. The van der Waals surface area contributed by atoms with Crippen LogP contribution in [0.1, 0.15) is 132 Å². The number of ether oxygens (including phenoxy) is 7. The third-order valence-corrected chi connectivity index (χ3v) is 18.7. The summed E-state index contributed by atoms with van der Waals surface area (Å²) in [6.07, 6.45) is 17.6. The number of aromatic nitrogens is 2. The number of nitrogens with one attached hydrogen (secondary N) is 3. The van der Waals surface area contributed by atoms with Gasteiger partial charge in [-0.1, -0.05) is 94.0 Å². The Hall–Kier alpha value is -7.65. The standard InChI is InChI=1S/C36H47ClN4O8.C34H44ClN3O6/c1-7-47-33(44)36-18-22(36)13-11-9-8-10-12-14-26(39-34(45)49-35(3,4)5)32(43)41-20-28(21(2)29(41)30(42)40-36)48-31-25-17-23(37)15-16-24(25)27(46-6)19-38-31;1-7-10-11-12-13-14-21(4)32(40)38-20-28(44-31-26-17-24(35)15-16-25(26)27(42-6)19-36-31)22(5)29(38)30(39)37-34(18-23(34)8-2)33(41)43-9-3/h11,13,15-17,19,21-22,26,28-29H,7-10,12,14,18,20H2,1-6H3,(H,39,45)(H,40,42);7-8,15-17,19,21-23,28-29H,1-2,9-14,18,20H2,3-6H3,(H,37,39)/b13-11-;/t21-,22-,26+,28+,29+,36-;21-,22+,23+,28-,29-,34+/m10/s1. The number of likely N-dealkylation sites (tertiary alicyclic amines) is 1. The van der Waals surface area contributed by atoms with E-state index in [1.165, 1.54) is 4.90 Å². The van der Waals surface area contributed by atoms with Gasteiger partial charge in [0.2, 0.25) is 35.4 Å². The highest BCUT2D eigenvalue weighted by Crippen LogP contribution is 2.48. The molecule has 2 aliphatic carbocycles. The van der Waals surface area contributed by atoms with Gasteiger partial charge in [0.1, 0.15) is 58.5 Å². The van der Waals surface area contributed by atoms with Crippen molar-refractivity contribution in [2.45, 2.75) is 179 Å². The van der Waals surface area contributed by atoms with E-state index in [4.69, 9.17) is 56.4 Å². The zero-order chi connectivity index (χ0) is 67.5. The molecule has 3 aliphatic heterocycles. The van der Waals surface area contributed by atoms with E-state index in [9.17, 15) is 33.6 Å². The maximum absolute atomic E-state index is 14.5. The van der Waals surface area contributed by atoms with Gasteiger partial charge < -0.3 is 58.9 Å². The van der Waals surface area contributed by atoms with E-state index in [-0.39, 0.29) is 55.8 Å². The maximum atomic E-state index is 14.5. The summed E-state index contributed by atoms with van der Waals surface area (Å²) < 4.78 is 40.2. The predicted molar refractivity (Wildman–Crippen MR) is 354 cm³/mol. The Morgan fingerprint density at radius 2 is 1.42 bits per heavy atom. The third kappa shape index (κ3) is 16.5. The van der Waals surface area contributed by atoms with Gasteiger partial charge in [-0.25, -0.2) is 24.4 Å². The second-order valence-electron chi connectivity index (χ2n) is 25.9. The molecule has 0 unspecified atom stereocenters. The van der Waals surface area contributed by atoms with Crippen LogP contribution in [0, 0.1) is 29.6 Å². The number of carbonyl (C=O) groups excluding carboxylic acids is 7. The summed E-state index contributed by atoms with van der Waals surface area (Å²) in [4.78, 5) is 108. The number of nitrogens with zero attached hydrogens (tertiary/aromatic N) is 4. The van der Waals surface area contributed by atoms with E-state index in [1.807, 2.05) is 51.1 Å². The number of fused-ring (bicyclic) bond motifs is 4. The lowest BCUT2D eigenvalue weighted by atomic mass is 9.97. The molecule has 2 saturated carbocycles. The number of esters is 2. The van der Waals surface area contributed by atoms with Crippen LogP contribution in [0.5, 0.6) is 23.3 Å². The van der Waals surface area contributed by atoms with Crippen molar-refractivity contribution in [2.24, 2.45) is 29.6 Å². The first-order chi connectivity index (χ1) is 44.4. The number of amides is 5. The molecule has 0 spiro atoms. The number of hydrogen-bond donors (Lipinski definition) is 3. The van der Waals surface area contributed by atoms with E-state index in [0.717, 1.165) is 55.7 Å². The number of halogens is 2. The zero-order valence-electron chi connectivity index (χ0n) is 55.2. The van der Waals surface area contributed by atoms with Crippen molar-refractivity contribution in [2.75, 3.05) is 40.5 Å². The Morgan fingerprint density at radius 1 is 0.806 bits per heavy atom. The number of unbranched alkanes of at least 4 members (excludes halogenated alkanes) is 3. The van der Waals surface area contributed by atoms with Crippen LogP contribution in [0.4, 0.5) is 4.79 Å². The number of hydrogen-bond acceptors (Lipinski definition) is 16. The normalized spacial score (nSPS) is 26.6. The third-order valence-electron chi connectivity index (χ3n) is 18.2. The molecule has 2 aromatic carbocycles. The molecular weight excluding hydrogens is 1230 g/mol. The summed E-state index contributed by atoms with van der Waals surface area (Å²) in [6.45, 7) is 22.5. The number of alkyl carbamates (subject to hydrolysis) is 1. The maximum Gasteiger partial charge on any atom is 0.408 e. The molecule has 5 heterocycles. The van der Waals surface area contributed by atoms with Crippen LogP contribution in [0.2, 0.25) is 10.0 Å². The van der Waals surface area contributed by atoms with Gasteiger partial charge in [0.05, 0.1) is 52.9 Å². The quantitative estimate of drug-likeness (QED) is 0.0303. The molecule has 23 heteroatoms. The number of benzene rings is 2. The molecule has 2 aromatic heterocycles. The van der Waals surface area contributed by atoms with Crippen LogP contribution in [0.3, 0.4) is 0 Å². The fraction of sp³-hybridized carbons (Fsp3) is 0.557. The van der Waals surface area contributed by atoms with Crippen LogP contribution in [0.25, 0.3) is 21.5 Å². The summed E-state index contributed by atoms with van der Waals surface area (Å²) in [5, 5.41) is 12.5. The van der Waals surface area contributed by atoms with Gasteiger partial charge >= 0.3 is 18.0 Å². The van der Waals surface area contributed by atoms with Crippen LogP contribution in [-0.2, 0) is 43.0 Å². The second kappa shape index (κ2) is 31.1. The number of carbonyl (C=O) groups is 7. The Morgan fingerprint density at radius 3 is 1.99 bits per heavy atom. The summed E-state index contributed by atoms with van der Waals surface area (Å²) in [6, 6.07) is 7.80. The number of methoxy groups -OCH3 is 2. The Kier molecular flexibility index (Phi) is 23.8. The molecule has 3 N–H and O–H groups in total. The van der Waals surface area contributed by atoms with E-state index in [1.54, 1.807) is 96.5 Å². The molecular formula is C70H91Cl2N7O14. The smallest absolute Gasteiger partial charge is 0.408 e. The van der Waals surface area contributed by atoms with Crippen molar-refractivity contribution in [1.29, 1.82) is 0 Å². The Labute approximate surface area is 555 Å². The highest BCUT2D eigenvalue weighted by atomic mass is 35.5. The number of allylic oxidation sites excluding steroid dienone is 2. The largest absolute Gasteiger partial charge is 0.494 e. The van der Waals surface area contributed by atoms with Crippen molar-refractivity contribution in [3.63, 3.8) is 0 Å². The predicted octanol–water partition coefficient (Wildman–Crippen LogP) is 11.2. The molecule has 5 aliphatic rings. The average Bonchev–Trinajstić information content (AvgIpc) is 1.60.